The van der Waals surface area contributed by atoms with Gasteiger partial charge in [0.05, 0.1) is 0 Å². The van der Waals surface area contributed by atoms with Gasteiger partial charge < -0.3 is 5.32 Å². The van der Waals surface area contributed by atoms with Crippen LogP contribution in [0.1, 0.15) is 44.9 Å². The van der Waals surface area contributed by atoms with Gasteiger partial charge in [0.15, 0.2) is 0 Å². The highest BCUT2D eigenvalue weighted by Gasteiger charge is 2.18. The standard InChI is InChI=1S/C12H21N3S/c1-9-4-3-5-11(8-9)6-7-13-12-14-10(2)15-16-12/h9,11H,3-8H2,1-2H3,(H,13,14,15). The summed E-state index contributed by atoms with van der Waals surface area (Å²) in [5.74, 6) is 2.73. The lowest BCUT2D eigenvalue weighted by molar-refractivity contribution is 0.274. The molecule has 1 aliphatic rings. The van der Waals surface area contributed by atoms with Crippen LogP contribution in [-0.4, -0.2) is 15.9 Å². The van der Waals surface area contributed by atoms with Crippen LogP contribution in [0.4, 0.5) is 5.13 Å². The Hall–Kier alpha value is -0.640. The predicted molar refractivity (Wildman–Crippen MR) is 68.9 cm³/mol. The molecule has 0 amide bonds. The normalized spacial score (nSPS) is 25.6. The molecule has 2 unspecified atom stereocenters. The average Bonchev–Trinajstić information content (AvgIpc) is 2.64. The van der Waals surface area contributed by atoms with E-state index in [0.29, 0.717) is 0 Å². The van der Waals surface area contributed by atoms with Crippen LogP contribution < -0.4 is 5.32 Å². The number of nitrogens with zero attached hydrogens (tertiary/aromatic N) is 2. The second kappa shape index (κ2) is 5.62. The molecule has 1 saturated carbocycles. The first-order valence-corrected chi connectivity index (χ1v) is 7.05. The zero-order chi connectivity index (χ0) is 11.4. The Kier molecular flexibility index (Phi) is 4.16. The third-order valence-corrected chi connectivity index (χ3v) is 4.17. The summed E-state index contributed by atoms with van der Waals surface area (Å²) in [5, 5.41) is 4.35. The van der Waals surface area contributed by atoms with E-state index in [4.69, 9.17) is 0 Å². The largest absolute Gasteiger partial charge is 0.360 e. The highest BCUT2D eigenvalue weighted by atomic mass is 32.1. The molecular formula is C12H21N3S. The Bertz CT molecular complexity index is 324. The van der Waals surface area contributed by atoms with Crippen LogP contribution in [0.25, 0.3) is 0 Å². The third kappa shape index (κ3) is 3.44. The van der Waals surface area contributed by atoms with Crippen molar-refractivity contribution in [2.45, 2.75) is 46.0 Å². The first-order chi connectivity index (χ1) is 7.74. The van der Waals surface area contributed by atoms with E-state index < -0.39 is 0 Å². The molecule has 0 radical (unpaired) electrons. The van der Waals surface area contributed by atoms with Gasteiger partial charge in [-0.3, -0.25) is 0 Å². The summed E-state index contributed by atoms with van der Waals surface area (Å²) >= 11 is 1.46. The van der Waals surface area contributed by atoms with E-state index in [2.05, 4.69) is 21.6 Å². The van der Waals surface area contributed by atoms with Crippen molar-refractivity contribution in [1.82, 2.24) is 9.36 Å². The van der Waals surface area contributed by atoms with Gasteiger partial charge in [-0.15, -0.1) is 0 Å². The molecule has 4 heteroatoms. The quantitative estimate of drug-likeness (QED) is 0.874. The molecule has 0 aliphatic heterocycles. The molecule has 90 valence electrons. The number of anilines is 1. The van der Waals surface area contributed by atoms with E-state index in [0.717, 1.165) is 29.3 Å². The van der Waals surface area contributed by atoms with E-state index in [9.17, 15) is 0 Å². The summed E-state index contributed by atoms with van der Waals surface area (Å²) in [5.41, 5.74) is 0. The van der Waals surface area contributed by atoms with E-state index in [-0.39, 0.29) is 0 Å². The van der Waals surface area contributed by atoms with Crippen LogP contribution in [0.3, 0.4) is 0 Å². The molecule has 2 rings (SSSR count). The fraction of sp³-hybridized carbons (Fsp3) is 0.833. The second-order valence-corrected chi connectivity index (χ2v) is 5.75. The van der Waals surface area contributed by atoms with Gasteiger partial charge in [-0.25, -0.2) is 4.98 Å². The second-order valence-electron chi connectivity index (χ2n) is 5.00. The predicted octanol–water partition coefficient (Wildman–Crippen LogP) is 3.47. The summed E-state index contributed by atoms with van der Waals surface area (Å²) < 4.78 is 4.16. The molecule has 1 aliphatic carbocycles. The van der Waals surface area contributed by atoms with Gasteiger partial charge >= 0.3 is 0 Å². The number of aryl methyl sites for hydroxylation is 1. The van der Waals surface area contributed by atoms with Crippen LogP contribution in [-0.2, 0) is 0 Å². The summed E-state index contributed by atoms with van der Waals surface area (Å²) in [4.78, 5) is 4.30. The van der Waals surface area contributed by atoms with E-state index >= 15 is 0 Å². The smallest absolute Gasteiger partial charge is 0.202 e. The van der Waals surface area contributed by atoms with Crippen molar-refractivity contribution in [3.63, 3.8) is 0 Å². The first-order valence-electron chi connectivity index (χ1n) is 6.28. The summed E-state index contributed by atoms with van der Waals surface area (Å²) in [7, 11) is 0. The van der Waals surface area contributed by atoms with Crippen molar-refractivity contribution >= 4 is 16.7 Å². The highest BCUT2D eigenvalue weighted by Crippen LogP contribution is 2.30. The van der Waals surface area contributed by atoms with Gasteiger partial charge in [-0.1, -0.05) is 26.2 Å². The van der Waals surface area contributed by atoms with Gasteiger partial charge in [0.1, 0.15) is 5.82 Å². The lowest BCUT2D eigenvalue weighted by atomic mass is 9.81. The van der Waals surface area contributed by atoms with Crippen LogP contribution in [0, 0.1) is 18.8 Å². The minimum atomic E-state index is 0.874. The average molecular weight is 239 g/mol. The maximum Gasteiger partial charge on any atom is 0.202 e. The number of rotatable bonds is 4. The van der Waals surface area contributed by atoms with Crippen molar-refractivity contribution in [1.29, 1.82) is 0 Å². The molecule has 0 bridgehead atoms. The molecule has 0 spiro atoms. The maximum atomic E-state index is 4.30. The molecule has 1 aromatic rings. The Morgan fingerprint density at radius 3 is 3.00 bits per heavy atom. The SMILES string of the molecule is Cc1nsc(NCCC2CCCC(C)C2)n1. The molecule has 3 nitrogen and oxygen atoms in total. The molecule has 1 heterocycles. The van der Waals surface area contributed by atoms with Gasteiger partial charge in [0.2, 0.25) is 5.13 Å². The fourth-order valence-electron chi connectivity index (χ4n) is 2.57. The third-order valence-electron chi connectivity index (χ3n) is 3.40. The van der Waals surface area contributed by atoms with Crippen molar-refractivity contribution in [3.8, 4) is 0 Å². The minimum absolute atomic E-state index is 0.874. The van der Waals surface area contributed by atoms with Crippen molar-refractivity contribution in [3.05, 3.63) is 5.82 Å². The number of nitrogens with one attached hydrogen (secondary N) is 1. The number of aromatic nitrogens is 2. The van der Waals surface area contributed by atoms with Gasteiger partial charge in [-0.05, 0) is 31.6 Å². The van der Waals surface area contributed by atoms with E-state index in [1.54, 1.807) is 0 Å². The zero-order valence-corrected chi connectivity index (χ0v) is 11.0. The summed E-state index contributed by atoms with van der Waals surface area (Å²) in [6.45, 7) is 5.37. The molecule has 0 aromatic carbocycles. The Labute approximate surface area is 102 Å². The van der Waals surface area contributed by atoms with Crippen LogP contribution in [0.5, 0.6) is 0 Å². The van der Waals surface area contributed by atoms with E-state index in [1.165, 1.54) is 43.6 Å². The van der Waals surface area contributed by atoms with Crippen molar-refractivity contribution < 1.29 is 0 Å². The number of hydrogen-bond donors (Lipinski definition) is 1. The summed E-state index contributed by atoms with van der Waals surface area (Å²) in [6, 6.07) is 0. The van der Waals surface area contributed by atoms with Crippen LogP contribution in [0.15, 0.2) is 0 Å². The van der Waals surface area contributed by atoms with Crippen LogP contribution >= 0.6 is 11.5 Å². The van der Waals surface area contributed by atoms with Crippen molar-refractivity contribution in [2.75, 3.05) is 11.9 Å². The van der Waals surface area contributed by atoms with E-state index in [1.807, 2.05) is 6.92 Å². The molecule has 1 N–H and O–H groups in total. The monoisotopic (exact) mass is 239 g/mol. The Morgan fingerprint density at radius 1 is 1.44 bits per heavy atom. The molecule has 0 saturated heterocycles. The molecule has 1 fully saturated rings. The van der Waals surface area contributed by atoms with Crippen molar-refractivity contribution in [2.24, 2.45) is 11.8 Å². The lowest BCUT2D eigenvalue weighted by Crippen LogP contribution is -2.16. The van der Waals surface area contributed by atoms with Gasteiger partial charge in [-0.2, -0.15) is 4.37 Å². The van der Waals surface area contributed by atoms with Gasteiger partial charge in [0.25, 0.3) is 0 Å². The first kappa shape index (κ1) is 11.8. The maximum absolute atomic E-state index is 4.30. The molecule has 1 aromatic heterocycles. The van der Waals surface area contributed by atoms with Gasteiger partial charge in [0, 0.05) is 18.1 Å². The molecule has 2 atom stereocenters. The molecular weight excluding hydrogens is 218 g/mol. The lowest BCUT2D eigenvalue weighted by Gasteiger charge is -2.26. The molecule has 16 heavy (non-hydrogen) atoms. The highest BCUT2D eigenvalue weighted by molar-refractivity contribution is 7.09. The topological polar surface area (TPSA) is 37.8 Å². The summed E-state index contributed by atoms with van der Waals surface area (Å²) in [6.07, 6.45) is 6.96. The Morgan fingerprint density at radius 2 is 2.31 bits per heavy atom. The Balaban J connectivity index is 1.67. The minimum Gasteiger partial charge on any atom is -0.360 e. The van der Waals surface area contributed by atoms with Crippen LogP contribution in [0.2, 0.25) is 0 Å². The number of hydrogen-bond acceptors (Lipinski definition) is 4. The zero-order valence-electron chi connectivity index (χ0n) is 10.2. The fourth-order valence-corrected chi connectivity index (χ4v) is 3.17.